The summed E-state index contributed by atoms with van der Waals surface area (Å²) in [6, 6.07) is 4.53. The Hall–Kier alpha value is -1.29. The SMILES string of the molecule is CCCCCCOc1ccc([N+](=O)[O-])cc1CCl. The smallest absolute Gasteiger partial charge is 0.270 e. The number of non-ortho nitro benzene ring substituents is 1. The first-order chi connectivity index (χ1) is 8.69. The second-order valence-electron chi connectivity index (χ2n) is 4.09. The summed E-state index contributed by atoms with van der Waals surface area (Å²) in [5.74, 6) is 0.860. The van der Waals surface area contributed by atoms with Crippen LogP contribution in [-0.4, -0.2) is 11.5 Å². The van der Waals surface area contributed by atoms with E-state index in [2.05, 4.69) is 6.92 Å². The van der Waals surface area contributed by atoms with Crippen molar-refractivity contribution in [2.75, 3.05) is 6.61 Å². The molecule has 1 aromatic carbocycles. The van der Waals surface area contributed by atoms with Gasteiger partial charge in [0.05, 0.1) is 17.4 Å². The molecule has 18 heavy (non-hydrogen) atoms. The quantitative estimate of drug-likeness (QED) is 0.307. The summed E-state index contributed by atoms with van der Waals surface area (Å²) < 4.78 is 5.60. The fourth-order valence-corrected chi connectivity index (χ4v) is 1.84. The van der Waals surface area contributed by atoms with E-state index >= 15 is 0 Å². The van der Waals surface area contributed by atoms with Gasteiger partial charge in [-0.1, -0.05) is 26.2 Å². The zero-order chi connectivity index (χ0) is 13.4. The molecule has 0 bridgehead atoms. The van der Waals surface area contributed by atoms with Gasteiger partial charge in [0.15, 0.2) is 0 Å². The minimum absolute atomic E-state index is 0.0454. The molecule has 4 nitrogen and oxygen atoms in total. The normalized spacial score (nSPS) is 10.3. The molecule has 0 saturated carbocycles. The molecule has 0 spiro atoms. The Balaban J connectivity index is 2.57. The maximum atomic E-state index is 10.6. The lowest BCUT2D eigenvalue weighted by Gasteiger charge is -2.09. The number of alkyl halides is 1. The van der Waals surface area contributed by atoms with Crippen LogP contribution in [0.2, 0.25) is 0 Å². The van der Waals surface area contributed by atoms with E-state index in [1.54, 1.807) is 6.07 Å². The summed E-state index contributed by atoms with van der Waals surface area (Å²) >= 11 is 5.77. The largest absolute Gasteiger partial charge is 0.493 e. The molecular weight excluding hydrogens is 254 g/mol. The van der Waals surface area contributed by atoms with Crippen LogP contribution in [0.3, 0.4) is 0 Å². The summed E-state index contributed by atoms with van der Waals surface area (Å²) in [6.45, 7) is 2.78. The number of nitro groups is 1. The van der Waals surface area contributed by atoms with Gasteiger partial charge in [0.2, 0.25) is 0 Å². The first-order valence-electron chi connectivity index (χ1n) is 6.15. The molecule has 0 aliphatic rings. The molecule has 0 aliphatic heterocycles. The minimum Gasteiger partial charge on any atom is -0.493 e. The van der Waals surface area contributed by atoms with Crippen molar-refractivity contribution in [3.63, 3.8) is 0 Å². The second-order valence-corrected chi connectivity index (χ2v) is 4.36. The van der Waals surface area contributed by atoms with Crippen molar-refractivity contribution < 1.29 is 9.66 Å². The lowest BCUT2D eigenvalue weighted by Crippen LogP contribution is -2.00. The fourth-order valence-electron chi connectivity index (χ4n) is 1.64. The van der Waals surface area contributed by atoms with Gasteiger partial charge in [0.25, 0.3) is 5.69 Å². The van der Waals surface area contributed by atoms with E-state index < -0.39 is 4.92 Å². The average molecular weight is 272 g/mol. The molecule has 100 valence electrons. The van der Waals surface area contributed by atoms with Crippen LogP contribution in [0.5, 0.6) is 5.75 Å². The molecule has 0 heterocycles. The minimum atomic E-state index is -0.429. The van der Waals surface area contributed by atoms with Gasteiger partial charge in [0, 0.05) is 17.7 Å². The number of hydrogen-bond donors (Lipinski definition) is 0. The fraction of sp³-hybridized carbons (Fsp3) is 0.538. The number of hydrogen-bond acceptors (Lipinski definition) is 3. The first kappa shape index (κ1) is 14.8. The van der Waals surface area contributed by atoms with Crippen molar-refractivity contribution >= 4 is 17.3 Å². The Morgan fingerprint density at radius 3 is 2.72 bits per heavy atom. The van der Waals surface area contributed by atoms with Gasteiger partial charge in [-0.25, -0.2) is 0 Å². The molecule has 0 unspecified atom stereocenters. The monoisotopic (exact) mass is 271 g/mol. The number of halogens is 1. The van der Waals surface area contributed by atoms with Crippen LogP contribution < -0.4 is 4.74 Å². The third-order valence-corrected chi connectivity index (χ3v) is 2.94. The predicted molar refractivity (Wildman–Crippen MR) is 72.3 cm³/mol. The second kappa shape index (κ2) is 7.93. The van der Waals surface area contributed by atoms with Crippen molar-refractivity contribution in [1.29, 1.82) is 0 Å². The van der Waals surface area contributed by atoms with E-state index in [1.807, 2.05) is 0 Å². The van der Waals surface area contributed by atoms with Gasteiger partial charge in [-0.05, 0) is 12.5 Å². The van der Waals surface area contributed by atoms with E-state index in [1.165, 1.54) is 25.0 Å². The highest BCUT2D eigenvalue weighted by Crippen LogP contribution is 2.25. The Morgan fingerprint density at radius 2 is 2.11 bits per heavy atom. The topological polar surface area (TPSA) is 52.4 Å². The van der Waals surface area contributed by atoms with Crippen LogP contribution in [0, 0.1) is 10.1 Å². The van der Waals surface area contributed by atoms with Crippen molar-refractivity contribution in [3.8, 4) is 5.75 Å². The molecule has 0 fully saturated rings. The third kappa shape index (κ3) is 4.53. The molecule has 5 heteroatoms. The predicted octanol–water partition coefficient (Wildman–Crippen LogP) is 4.29. The Kier molecular flexibility index (Phi) is 6.50. The summed E-state index contributed by atoms with van der Waals surface area (Å²) in [4.78, 5) is 10.2. The maximum Gasteiger partial charge on any atom is 0.270 e. The van der Waals surface area contributed by atoms with E-state index in [0.29, 0.717) is 17.9 Å². The molecule has 0 atom stereocenters. The van der Waals surface area contributed by atoms with Gasteiger partial charge in [0.1, 0.15) is 5.75 Å². The maximum absolute atomic E-state index is 10.6. The van der Waals surface area contributed by atoms with Crippen molar-refractivity contribution in [3.05, 3.63) is 33.9 Å². The van der Waals surface area contributed by atoms with E-state index in [4.69, 9.17) is 16.3 Å². The molecule has 0 N–H and O–H groups in total. The van der Waals surface area contributed by atoms with Crippen LogP contribution in [0.25, 0.3) is 0 Å². The van der Waals surface area contributed by atoms with E-state index in [0.717, 1.165) is 12.8 Å². The summed E-state index contributed by atoms with van der Waals surface area (Å²) in [5.41, 5.74) is 0.713. The third-order valence-electron chi connectivity index (χ3n) is 2.65. The van der Waals surface area contributed by atoms with E-state index in [-0.39, 0.29) is 11.6 Å². The van der Waals surface area contributed by atoms with Crippen LogP contribution in [0.15, 0.2) is 18.2 Å². The summed E-state index contributed by atoms with van der Waals surface area (Å²) in [7, 11) is 0. The number of nitro benzene ring substituents is 1. The van der Waals surface area contributed by atoms with Crippen LogP contribution in [0.4, 0.5) is 5.69 Å². The van der Waals surface area contributed by atoms with Gasteiger partial charge < -0.3 is 4.74 Å². The molecule has 0 aliphatic carbocycles. The van der Waals surface area contributed by atoms with Gasteiger partial charge in [-0.2, -0.15) is 0 Å². The van der Waals surface area contributed by atoms with E-state index in [9.17, 15) is 10.1 Å². The lowest BCUT2D eigenvalue weighted by atomic mass is 10.2. The van der Waals surface area contributed by atoms with Crippen LogP contribution in [0.1, 0.15) is 38.2 Å². The Labute approximate surface area is 112 Å². The number of unbranched alkanes of at least 4 members (excludes halogenated alkanes) is 3. The molecule has 1 rings (SSSR count). The van der Waals surface area contributed by atoms with Crippen molar-refractivity contribution in [2.45, 2.75) is 38.5 Å². The van der Waals surface area contributed by atoms with Gasteiger partial charge >= 0.3 is 0 Å². The molecular formula is C13H18ClNO3. The number of benzene rings is 1. The highest BCUT2D eigenvalue weighted by Gasteiger charge is 2.10. The zero-order valence-corrected chi connectivity index (χ0v) is 11.3. The molecule has 1 aromatic rings. The highest BCUT2D eigenvalue weighted by atomic mass is 35.5. The molecule has 0 amide bonds. The molecule has 0 saturated heterocycles. The Bertz CT molecular complexity index is 396. The highest BCUT2D eigenvalue weighted by molar-refractivity contribution is 6.17. The van der Waals surface area contributed by atoms with Gasteiger partial charge in [-0.15, -0.1) is 11.6 Å². The zero-order valence-electron chi connectivity index (χ0n) is 10.5. The van der Waals surface area contributed by atoms with Crippen molar-refractivity contribution in [2.24, 2.45) is 0 Å². The van der Waals surface area contributed by atoms with Crippen molar-refractivity contribution in [1.82, 2.24) is 0 Å². The summed E-state index contributed by atoms with van der Waals surface area (Å²) in [5, 5.41) is 10.6. The number of rotatable bonds is 8. The number of nitrogens with zero attached hydrogens (tertiary/aromatic N) is 1. The Morgan fingerprint density at radius 1 is 1.33 bits per heavy atom. The number of ether oxygens (including phenoxy) is 1. The molecule has 0 radical (unpaired) electrons. The molecule has 0 aromatic heterocycles. The lowest BCUT2D eigenvalue weighted by molar-refractivity contribution is -0.384. The first-order valence-corrected chi connectivity index (χ1v) is 6.68. The van der Waals surface area contributed by atoms with Crippen LogP contribution >= 0.6 is 11.6 Å². The van der Waals surface area contributed by atoms with Crippen LogP contribution in [-0.2, 0) is 5.88 Å². The van der Waals surface area contributed by atoms with Gasteiger partial charge in [-0.3, -0.25) is 10.1 Å². The average Bonchev–Trinajstić information content (AvgIpc) is 2.38. The standard InChI is InChI=1S/C13H18ClNO3/c1-2-3-4-5-8-18-13-7-6-12(15(16)17)9-11(13)10-14/h6-7,9H,2-5,8,10H2,1H3. The summed E-state index contributed by atoms with van der Waals surface area (Å²) in [6.07, 6.45) is 4.52.